The molecule has 0 unspecified atom stereocenters. The normalized spacial score (nSPS) is 35.1. The summed E-state index contributed by atoms with van der Waals surface area (Å²) in [5, 5.41) is -0.736. The van der Waals surface area contributed by atoms with E-state index < -0.39 is 18.2 Å². The zero-order valence-corrected chi connectivity index (χ0v) is 10.7. The Morgan fingerprint density at radius 3 is 2.33 bits per heavy atom. The highest BCUT2D eigenvalue weighted by Crippen LogP contribution is 2.50. The molecule has 2 aliphatic rings. The van der Waals surface area contributed by atoms with Gasteiger partial charge in [0.25, 0.3) is 3.12 Å². The van der Waals surface area contributed by atoms with Crippen LogP contribution in [0.1, 0.15) is 6.42 Å². The topological polar surface area (TPSA) is 34.1 Å². The Morgan fingerprint density at radius 2 is 1.93 bits per heavy atom. The Balaban J connectivity index is 2.42. The monoisotopic (exact) mass is 286 g/mol. The van der Waals surface area contributed by atoms with Crippen LogP contribution >= 0.6 is 34.8 Å². The van der Waals surface area contributed by atoms with Crippen LogP contribution in [0.5, 0.6) is 0 Å². The molecule has 0 aromatic heterocycles. The van der Waals surface area contributed by atoms with E-state index in [2.05, 4.69) is 6.58 Å². The van der Waals surface area contributed by atoms with Gasteiger partial charge in [-0.2, -0.15) is 0 Å². The van der Waals surface area contributed by atoms with Crippen molar-refractivity contribution in [3.63, 3.8) is 0 Å². The molecule has 1 fully saturated rings. The predicted molar refractivity (Wildman–Crippen MR) is 62.9 cm³/mol. The van der Waals surface area contributed by atoms with E-state index in [1.807, 2.05) is 12.2 Å². The van der Waals surface area contributed by atoms with E-state index in [1.165, 1.54) is 0 Å². The van der Waals surface area contributed by atoms with Crippen molar-refractivity contribution < 1.29 is 8.42 Å². The van der Waals surface area contributed by atoms with E-state index in [1.54, 1.807) is 0 Å². The first-order chi connectivity index (χ1) is 6.75. The smallest absolute Gasteiger partial charge is 0.224 e. The van der Waals surface area contributed by atoms with Crippen molar-refractivity contribution in [1.82, 2.24) is 0 Å². The van der Waals surface area contributed by atoms with Crippen molar-refractivity contribution in [3.05, 3.63) is 24.3 Å². The third kappa shape index (κ3) is 1.64. The SMILES string of the molecule is C=C1[C@H]2C=C[C@H](C2)[C@H]1S(=O)(=O)C(Cl)(Cl)Cl. The van der Waals surface area contributed by atoms with Gasteiger partial charge in [0.15, 0.2) is 0 Å². The van der Waals surface area contributed by atoms with Crippen molar-refractivity contribution in [2.24, 2.45) is 11.8 Å². The minimum absolute atomic E-state index is 0.0804. The summed E-state index contributed by atoms with van der Waals surface area (Å²) in [6, 6.07) is 0. The minimum atomic E-state index is -3.81. The molecule has 0 amide bonds. The highest BCUT2D eigenvalue weighted by atomic mass is 35.6. The molecule has 1 saturated carbocycles. The number of fused-ring (bicyclic) bond motifs is 2. The van der Waals surface area contributed by atoms with Gasteiger partial charge in [-0.3, -0.25) is 0 Å². The average molecular weight is 288 g/mol. The second-order valence-corrected chi connectivity index (χ2v) is 9.04. The van der Waals surface area contributed by atoms with Crippen LogP contribution in [-0.4, -0.2) is 16.8 Å². The van der Waals surface area contributed by atoms with Crippen LogP contribution in [0.2, 0.25) is 0 Å². The van der Waals surface area contributed by atoms with Gasteiger partial charge in [0.2, 0.25) is 9.84 Å². The first-order valence-electron chi connectivity index (χ1n) is 4.42. The molecule has 0 heterocycles. The van der Waals surface area contributed by atoms with Crippen molar-refractivity contribution >= 4 is 44.6 Å². The molecule has 0 aliphatic heterocycles. The molecule has 15 heavy (non-hydrogen) atoms. The van der Waals surface area contributed by atoms with Crippen LogP contribution in [0.3, 0.4) is 0 Å². The largest absolute Gasteiger partial charge is 0.293 e. The highest BCUT2D eigenvalue weighted by Gasteiger charge is 2.53. The zero-order valence-electron chi connectivity index (χ0n) is 7.66. The number of hydrogen-bond acceptors (Lipinski definition) is 2. The van der Waals surface area contributed by atoms with E-state index in [4.69, 9.17) is 34.8 Å². The second-order valence-electron chi connectivity index (χ2n) is 3.88. The fourth-order valence-electron chi connectivity index (χ4n) is 2.29. The van der Waals surface area contributed by atoms with E-state index in [0.717, 1.165) is 6.42 Å². The Bertz CT molecular complexity index is 433. The average Bonchev–Trinajstić information content (AvgIpc) is 2.60. The standard InChI is InChI=1S/C9H9Cl3O2S/c1-5-6-2-3-7(4-6)8(5)15(13,14)9(10,11)12/h2-3,6-8H,1,4H2/t6-,7+,8-/m0/s1. The van der Waals surface area contributed by atoms with Crippen molar-refractivity contribution in [2.45, 2.75) is 14.8 Å². The van der Waals surface area contributed by atoms with E-state index >= 15 is 0 Å². The molecule has 2 aliphatic carbocycles. The molecule has 0 spiro atoms. The van der Waals surface area contributed by atoms with E-state index in [0.29, 0.717) is 5.57 Å². The molecule has 0 saturated heterocycles. The van der Waals surface area contributed by atoms with Crippen LogP contribution < -0.4 is 0 Å². The first kappa shape index (κ1) is 11.8. The van der Waals surface area contributed by atoms with Gasteiger partial charge in [-0.1, -0.05) is 59.1 Å². The number of alkyl halides is 3. The van der Waals surface area contributed by atoms with Crippen molar-refractivity contribution in [3.8, 4) is 0 Å². The van der Waals surface area contributed by atoms with Crippen LogP contribution in [-0.2, 0) is 9.84 Å². The van der Waals surface area contributed by atoms with Gasteiger partial charge in [-0.15, -0.1) is 0 Å². The molecule has 3 atom stereocenters. The maximum absolute atomic E-state index is 12.0. The molecule has 0 aromatic rings. The summed E-state index contributed by atoms with van der Waals surface area (Å²) in [6.07, 6.45) is 4.61. The summed E-state index contributed by atoms with van der Waals surface area (Å²) >= 11 is 16.5. The quantitative estimate of drug-likeness (QED) is 0.549. The van der Waals surface area contributed by atoms with Crippen LogP contribution in [0.25, 0.3) is 0 Å². The Morgan fingerprint density at radius 1 is 1.33 bits per heavy atom. The molecule has 84 valence electrons. The highest BCUT2D eigenvalue weighted by molar-refractivity contribution is 7.98. The molecule has 2 nitrogen and oxygen atoms in total. The third-order valence-corrected chi connectivity index (χ3v) is 6.91. The second kappa shape index (κ2) is 3.39. The summed E-state index contributed by atoms with van der Waals surface area (Å²) in [7, 11) is -3.81. The lowest BCUT2D eigenvalue weighted by Crippen LogP contribution is -2.35. The number of halogens is 3. The Hall–Kier alpha value is 0.300. The molecule has 0 radical (unpaired) electrons. The molecular formula is C9H9Cl3O2S. The molecule has 2 bridgehead atoms. The summed E-state index contributed by atoms with van der Waals surface area (Å²) in [5.74, 6) is 0.0465. The lowest BCUT2D eigenvalue weighted by atomic mass is 10.0. The fourth-order valence-corrected chi connectivity index (χ4v) is 4.67. The van der Waals surface area contributed by atoms with Gasteiger partial charge < -0.3 is 0 Å². The van der Waals surface area contributed by atoms with Gasteiger partial charge in [-0.05, 0) is 18.3 Å². The first-order valence-corrected chi connectivity index (χ1v) is 7.10. The maximum atomic E-state index is 12.0. The number of sulfone groups is 1. The maximum Gasteiger partial charge on any atom is 0.293 e. The van der Waals surface area contributed by atoms with E-state index in [-0.39, 0.29) is 11.8 Å². The fraction of sp³-hybridized carbons (Fsp3) is 0.556. The molecule has 0 N–H and O–H groups in total. The molecule has 6 heteroatoms. The Kier molecular flexibility index (Phi) is 2.66. The lowest BCUT2D eigenvalue weighted by molar-refractivity contribution is 0.573. The summed E-state index contributed by atoms with van der Waals surface area (Å²) in [6.45, 7) is 3.79. The van der Waals surface area contributed by atoms with Crippen LogP contribution in [0, 0.1) is 11.8 Å². The van der Waals surface area contributed by atoms with Gasteiger partial charge in [0, 0.05) is 0 Å². The van der Waals surface area contributed by atoms with Gasteiger partial charge in [0.05, 0.1) is 5.25 Å². The molecule has 2 rings (SSSR count). The summed E-state index contributed by atoms with van der Waals surface area (Å²) in [4.78, 5) is 0. The zero-order chi connectivity index (χ0) is 11.4. The predicted octanol–water partition coefficient (Wildman–Crippen LogP) is 2.86. The van der Waals surface area contributed by atoms with Gasteiger partial charge >= 0.3 is 0 Å². The van der Waals surface area contributed by atoms with Crippen molar-refractivity contribution in [2.75, 3.05) is 0 Å². The summed E-state index contributed by atoms with van der Waals surface area (Å²) < 4.78 is 21.7. The van der Waals surface area contributed by atoms with Gasteiger partial charge in [-0.25, -0.2) is 8.42 Å². The molecular weight excluding hydrogens is 279 g/mol. The number of rotatable bonds is 1. The summed E-state index contributed by atoms with van der Waals surface area (Å²) in [5.41, 5.74) is 0.647. The molecule has 0 aromatic carbocycles. The van der Waals surface area contributed by atoms with Crippen LogP contribution in [0.4, 0.5) is 0 Å². The minimum Gasteiger partial charge on any atom is -0.224 e. The third-order valence-electron chi connectivity index (χ3n) is 3.00. The number of hydrogen-bond donors (Lipinski definition) is 0. The van der Waals surface area contributed by atoms with E-state index in [9.17, 15) is 8.42 Å². The lowest BCUT2D eigenvalue weighted by Gasteiger charge is -2.24. The van der Waals surface area contributed by atoms with Crippen molar-refractivity contribution in [1.29, 1.82) is 0 Å². The van der Waals surface area contributed by atoms with Crippen LogP contribution in [0.15, 0.2) is 24.3 Å². The van der Waals surface area contributed by atoms with Gasteiger partial charge in [0.1, 0.15) is 0 Å². The number of allylic oxidation sites excluding steroid dienone is 2. The Labute approximate surface area is 104 Å².